The van der Waals surface area contributed by atoms with Crippen molar-refractivity contribution in [2.24, 2.45) is 0 Å². The number of anilines is 1. The summed E-state index contributed by atoms with van der Waals surface area (Å²) in [5.41, 5.74) is 2.12. The molecule has 0 N–H and O–H groups in total. The maximum Gasteiger partial charge on any atom is 0.272 e. The topological polar surface area (TPSA) is 51.7 Å². The van der Waals surface area contributed by atoms with Crippen LogP contribution in [0.25, 0.3) is 10.2 Å². The summed E-state index contributed by atoms with van der Waals surface area (Å²) in [4.78, 5) is 20.4. The van der Waals surface area contributed by atoms with Crippen molar-refractivity contribution in [3.8, 4) is 5.75 Å². The molecule has 1 atom stereocenters. The van der Waals surface area contributed by atoms with Crippen LogP contribution in [0.2, 0.25) is 5.02 Å². The number of hydrogen-bond acceptors (Lipinski definition) is 5. The van der Waals surface area contributed by atoms with E-state index < -0.39 is 5.60 Å². The molecule has 1 fully saturated rings. The molecule has 1 aliphatic heterocycles. The van der Waals surface area contributed by atoms with Gasteiger partial charge in [-0.25, -0.2) is 4.98 Å². The number of aromatic nitrogens is 1. The Morgan fingerprint density at radius 2 is 1.94 bits per heavy atom. The smallest absolute Gasteiger partial charge is 0.272 e. The Labute approximate surface area is 191 Å². The van der Waals surface area contributed by atoms with Crippen LogP contribution >= 0.6 is 22.9 Å². The fourth-order valence-electron chi connectivity index (χ4n) is 3.77. The summed E-state index contributed by atoms with van der Waals surface area (Å²) in [7, 11) is 0. The molecule has 2 aromatic carbocycles. The van der Waals surface area contributed by atoms with Crippen LogP contribution in [0.1, 0.15) is 37.8 Å². The molecule has 2 heterocycles. The molecular weight excluding hydrogens is 432 g/mol. The van der Waals surface area contributed by atoms with Gasteiger partial charge in [0.15, 0.2) is 10.7 Å². The summed E-state index contributed by atoms with van der Waals surface area (Å²) in [6.07, 6.45) is 1.95. The second-order valence-corrected chi connectivity index (χ2v) is 9.90. The third kappa shape index (κ3) is 4.71. The van der Waals surface area contributed by atoms with E-state index in [2.05, 4.69) is 19.1 Å². The Hall–Kier alpha value is -2.15. The van der Waals surface area contributed by atoms with Crippen molar-refractivity contribution in [1.82, 2.24) is 4.98 Å². The molecule has 1 aliphatic rings. The van der Waals surface area contributed by atoms with Gasteiger partial charge in [0.25, 0.3) is 5.91 Å². The zero-order valence-electron chi connectivity index (χ0n) is 18.3. The summed E-state index contributed by atoms with van der Waals surface area (Å²) in [5.74, 6) is 0.447. The molecule has 0 radical (unpaired) electrons. The Kier molecular flexibility index (Phi) is 6.24. The zero-order valence-corrected chi connectivity index (χ0v) is 19.8. The van der Waals surface area contributed by atoms with Crippen molar-refractivity contribution < 1.29 is 14.3 Å². The van der Waals surface area contributed by atoms with Crippen LogP contribution in [0.5, 0.6) is 5.75 Å². The lowest BCUT2D eigenvalue weighted by Crippen LogP contribution is -2.51. The van der Waals surface area contributed by atoms with Crippen molar-refractivity contribution in [2.75, 3.05) is 18.1 Å². The lowest BCUT2D eigenvalue weighted by Gasteiger charge is -2.32. The molecule has 7 heteroatoms. The second kappa shape index (κ2) is 8.77. The van der Waals surface area contributed by atoms with Crippen LogP contribution in [0, 0.1) is 13.8 Å². The Bertz CT molecular complexity index is 1050. The monoisotopic (exact) mass is 458 g/mol. The number of fused-ring (bicyclic) bond motifs is 1. The minimum atomic E-state index is -1.09. The largest absolute Gasteiger partial charge is 0.478 e. The molecule has 0 bridgehead atoms. The Morgan fingerprint density at radius 3 is 2.58 bits per heavy atom. The van der Waals surface area contributed by atoms with Gasteiger partial charge in [-0.15, -0.1) is 0 Å². The highest BCUT2D eigenvalue weighted by Crippen LogP contribution is 2.35. The molecule has 1 aromatic heterocycles. The average molecular weight is 459 g/mol. The van der Waals surface area contributed by atoms with E-state index in [-0.39, 0.29) is 12.0 Å². The van der Waals surface area contributed by atoms with E-state index in [0.717, 1.165) is 40.8 Å². The minimum absolute atomic E-state index is 0.00416. The highest BCUT2D eigenvalue weighted by atomic mass is 35.5. The molecular formula is C24H27ClN2O3S. The molecule has 1 saturated heterocycles. The average Bonchev–Trinajstić information content (AvgIpc) is 3.40. The quantitative estimate of drug-likeness (QED) is 0.459. The van der Waals surface area contributed by atoms with E-state index in [4.69, 9.17) is 26.1 Å². The number of rotatable bonds is 6. The number of aryl methyl sites for hydroxylation is 2. The first-order valence-electron chi connectivity index (χ1n) is 10.5. The normalized spacial score (nSPS) is 16.6. The van der Waals surface area contributed by atoms with Crippen molar-refractivity contribution in [3.63, 3.8) is 0 Å². The van der Waals surface area contributed by atoms with Gasteiger partial charge in [-0.2, -0.15) is 0 Å². The summed E-state index contributed by atoms with van der Waals surface area (Å²) in [5, 5.41) is 1.30. The fourth-order valence-corrected chi connectivity index (χ4v) is 5.01. The van der Waals surface area contributed by atoms with Gasteiger partial charge < -0.3 is 9.47 Å². The number of halogens is 1. The summed E-state index contributed by atoms with van der Waals surface area (Å²) in [6, 6.07) is 11.2. The van der Waals surface area contributed by atoms with Crippen LogP contribution in [-0.2, 0) is 9.53 Å². The van der Waals surface area contributed by atoms with Gasteiger partial charge in [0.2, 0.25) is 0 Å². The highest BCUT2D eigenvalue weighted by molar-refractivity contribution is 7.22. The maximum atomic E-state index is 13.8. The second-order valence-electron chi connectivity index (χ2n) is 8.49. The van der Waals surface area contributed by atoms with Crippen molar-refractivity contribution in [2.45, 2.75) is 52.2 Å². The van der Waals surface area contributed by atoms with E-state index in [0.29, 0.717) is 22.4 Å². The van der Waals surface area contributed by atoms with Crippen molar-refractivity contribution >= 4 is 44.2 Å². The van der Waals surface area contributed by atoms with Gasteiger partial charge in [-0.1, -0.05) is 35.1 Å². The van der Waals surface area contributed by atoms with Gasteiger partial charge in [0, 0.05) is 11.6 Å². The van der Waals surface area contributed by atoms with Crippen LogP contribution < -0.4 is 9.64 Å². The highest BCUT2D eigenvalue weighted by Gasteiger charge is 2.38. The molecule has 0 saturated carbocycles. The molecule has 1 unspecified atom stereocenters. The molecule has 0 spiro atoms. The van der Waals surface area contributed by atoms with E-state index in [1.807, 2.05) is 6.92 Å². The molecule has 31 heavy (non-hydrogen) atoms. The van der Waals surface area contributed by atoms with Crippen LogP contribution in [-0.4, -0.2) is 35.7 Å². The number of thiazole rings is 1. The number of ether oxygens (including phenoxy) is 2. The third-order valence-corrected chi connectivity index (χ3v) is 6.98. The summed E-state index contributed by atoms with van der Waals surface area (Å²) < 4.78 is 13.0. The summed E-state index contributed by atoms with van der Waals surface area (Å²) in [6.45, 7) is 8.89. The van der Waals surface area contributed by atoms with E-state index in [9.17, 15) is 4.79 Å². The zero-order chi connectivity index (χ0) is 22.2. The first-order chi connectivity index (χ1) is 14.7. The Balaban J connectivity index is 1.68. The number of nitrogens with zero attached hydrogens (tertiary/aromatic N) is 2. The van der Waals surface area contributed by atoms with Gasteiger partial charge in [0.1, 0.15) is 5.75 Å². The molecule has 3 aromatic rings. The molecule has 4 rings (SSSR count). The van der Waals surface area contributed by atoms with E-state index in [1.54, 1.807) is 54.3 Å². The molecule has 5 nitrogen and oxygen atoms in total. The minimum Gasteiger partial charge on any atom is -0.478 e. The predicted octanol–water partition coefficient (Wildman–Crippen LogP) is 5.94. The van der Waals surface area contributed by atoms with Crippen LogP contribution in [0.4, 0.5) is 5.13 Å². The standard InChI is InChI=1S/C24H27ClN2O3S/c1-15-7-8-16(2)21-20(15)26-23(31-21)27(14-19-6-5-13-29-19)22(28)24(3,4)30-18-11-9-17(25)10-12-18/h7-12,19H,5-6,13-14H2,1-4H3. The lowest BCUT2D eigenvalue weighted by molar-refractivity contribution is -0.131. The molecule has 0 aliphatic carbocycles. The number of hydrogen-bond donors (Lipinski definition) is 0. The van der Waals surface area contributed by atoms with Crippen molar-refractivity contribution in [3.05, 3.63) is 52.5 Å². The van der Waals surface area contributed by atoms with Crippen molar-refractivity contribution in [1.29, 1.82) is 0 Å². The van der Waals surface area contributed by atoms with Gasteiger partial charge in [0.05, 0.1) is 22.9 Å². The number of benzene rings is 2. The van der Waals surface area contributed by atoms with Gasteiger partial charge in [-0.05, 0) is 75.9 Å². The maximum absolute atomic E-state index is 13.8. The number of amides is 1. The summed E-state index contributed by atoms with van der Waals surface area (Å²) >= 11 is 7.53. The first kappa shape index (κ1) is 22.1. The fraction of sp³-hybridized carbons (Fsp3) is 0.417. The predicted molar refractivity (Wildman–Crippen MR) is 127 cm³/mol. The van der Waals surface area contributed by atoms with Gasteiger partial charge >= 0.3 is 0 Å². The first-order valence-corrected chi connectivity index (χ1v) is 11.7. The van der Waals surface area contributed by atoms with Crippen LogP contribution in [0.3, 0.4) is 0 Å². The SMILES string of the molecule is Cc1ccc(C)c2sc(N(CC3CCCO3)C(=O)C(C)(C)Oc3ccc(Cl)cc3)nc12. The lowest BCUT2D eigenvalue weighted by atomic mass is 10.1. The van der Waals surface area contributed by atoms with Gasteiger partial charge in [-0.3, -0.25) is 9.69 Å². The van der Waals surface area contributed by atoms with Crippen LogP contribution in [0.15, 0.2) is 36.4 Å². The number of carbonyl (C=O) groups excluding carboxylic acids is 1. The Morgan fingerprint density at radius 1 is 1.23 bits per heavy atom. The third-order valence-electron chi connectivity index (χ3n) is 5.52. The van der Waals surface area contributed by atoms with E-state index >= 15 is 0 Å². The van der Waals surface area contributed by atoms with E-state index in [1.165, 1.54) is 0 Å². The molecule has 1 amide bonds. The number of carbonyl (C=O) groups is 1. The molecule has 164 valence electrons.